The van der Waals surface area contributed by atoms with Crippen LogP contribution in [0.5, 0.6) is 0 Å². The van der Waals surface area contributed by atoms with E-state index in [1.54, 1.807) is 16.9 Å². The molecule has 2 fully saturated rings. The minimum Gasteiger partial charge on any atom is -0.390 e. The highest BCUT2D eigenvalue weighted by molar-refractivity contribution is 6.33. The quantitative estimate of drug-likeness (QED) is 0.452. The van der Waals surface area contributed by atoms with Gasteiger partial charge in [0.25, 0.3) is 0 Å². The summed E-state index contributed by atoms with van der Waals surface area (Å²) in [4.78, 5) is 16.6. The van der Waals surface area contributed by atoms with Gasteiger partial charge in [0.1, 0.15) is 11.7 Å². The zero-order valence-electron chi connectivity index (χ0n) is 21.6. The number of methoxy groups -OCH3 is 1. The number of benzene rings is 2. The molecule has 0 radical (unpaired) electrons. The van der Waals surface area contributed by atoms with Crippen LogP contribution >= 0.6 is 11.6 Å². The van der Waals surface area contributed by atoms with Crippen molar-refractivity contribution in [2.75, 3.05) is 46.5 Å². The summed E-state index contributed by atoms with van der Waals surface area (Å²) in [7, 11) is 1.66. The van der Waals surface area contributed by atoms with Crippen LogP contribution in [0.3, 0.4) is 0 Å². The van der Waals surface area contributed by atoms with Gasteiger partial charge in [-0.2, -0.15) is 0 Å². The number of urea groups is 1. The molecule has 2 aliphatic heterocycles. The molecule has 0 aromatic heterocycles. The van der Waals surface area contributed by atoms with Crippen molar-refractivity contribution in [3.8, 4) is 11.1 Å². The molecular weight excluding hydrogens is 494 g/mol. The summed E-state index contributed by atoms with van der Waals surface area (Å²) in [5, 5.41) is 23.0. The van der Waals surface area contributed by atoms with Gasteiger partial charge >= 0.3 is 6.03 Å². The Kier molecular flexibility index (Phi) is 9.11. The largest absolute Gasteiger partial charge is 0.390 e. The molecule has 4 N–H and O–H groups in total. The molecule has 1 unspecified atom stereocenters. The van der Waals surface area contributed by atoms with Gasteiger partial charge in [-0.15, -0.1) is 0 Å². The number of aliphatic hydroxyl groups excluding tert-OH is 1. The van der Waals surface area contributed by atoms with Crippen molar-refractivity contribution in [1.82, 2.24) is 9.80 Å². The van der Waals surface area contributed by atoms with Crippen molar-refractivity contribution in [2.24, 2.45) is 5.73 Å². The van der Waals surface area contributed by atoms with Gasteiger partial charge in [0.15, 0.2) is 0 Å². The van der Waals surface area contributed by atoms with E-state index in [0.717, 1.165) is 23.1 Å². The second kappa shape index (κ2) is 12.1. The Labute approximate surface area is 223 Å². The topological polar surface area (TPSA) is 108 Å². The van der Waals surface area contributed by atoms with Crippen LogP contribution in [0.15, 0.2) is 42.5 Å². The maximum absolute atomic E-state index is 13.3. The highest BCUT2D eigenvalue weighted by Gasteiger charge is 2.45. The summed E-state index contributed by atoms with van der Waals surface area (Å²) in [6.45, 7) is 4.01. The average Bonchev–Trinajstić information content (AvgIpc) is 3.23. The third-order valence-corrected chi connectivity index (χ3v) is 7.73. The molecule has 9 heteroatoms. The van der Waals surface area contributed by atoms with Gasteiger partial charge in [-0.25, -0.2) is 4.79 Å². The number of nitrogens with two attached hydrogens (primary N) is 1. The molecule has 2 aromatic carbocycles. The van der Waals surface area contributed by atoms with E-state index in [4.69, 9.17) is 26.8 Å². The number of hydrogen-bond acceptors (Lipinski definition) is 6. The van der Waals surface area contributed by atoms with Crippen molar-refractivity contribution >= 4 is 17.6 Å². The lowest BCUT2D eigenvalue weighted by molar-refractivity contribution is -0.147. The second-order valence-corrected chi connectivity index (χ2v) is 10.5. The van der Waals surface area contributed by atoms with Crippen LogP contribution in [0.25, 0.3) is 11.1 Å². The molecule has 2 saturated heterocycles. The van der Waals surface area contributed by atoms with Crippen molar-refractivity contribution in [2.45, 2.75) is 50.0 Å². The Balaban J connectivity index is 1.68. The number of halogens is 1. The number of amides is 2. The molecule has 8 nitrogen and oxygen atoms in total. The molecule has 4 atom stereocenters. The molecule has 202 valence electrons. The van der Waals surface area contributed by atoms with E-state index in [-0.39, 0.29) is 19.1 Å². The van der Waals surface area contributed by atoms with Crippen LogP contribution in [0.1, 0.15) is 30.4 Å². The number of aryl methyl sites for hydroxylation is 1. The fourth-order valence-electron chi connectivity index (χ4n) is 5.37. The lowest BCUT2D eigenvalue weighted by Crippen LogP contribution is -2.57. The molecule has 0 saturated carbocycles. The first kappa shape index (κ1) is 27.8. The summed E-state index contributed by atoms with van der Waals surface area (Å²) in [5.41, 5.74) is 7.98. The number of carbonyl (C=O) groups excluding carboxylic acids is 1. The van der Waals surface area contributed by atoms with E-state index in [2.05, 4.69) is 6.07 Å². The van der Waals surface area contributed by atoms with E-state index in [1.165, 1.54) is 0 Å². The molecule has 0 bridgehead atoms. The number of carbonyl (C=O) groups is 1. The highest BCUT2D eigenvalue weighted by atomic mass is 35.5. The number of nitrogens with zero attached hydrogens (tertiary/aromatic N) is 2. The van der Waals surface area contributed by atoms with Crippen LogP contribution in [0.2, 0.25) is 5.02 Å². The predicted molar refractivity (Wildman–Crippen MR) is 144 cm³/mol. The molecule has 0 spiro atoms. The number of unbranched alkanes of at least 4 members (excludes halogenated alkanes) is 1. The fourth-order valence-corrected chi connectivity index (χ4v) is 5.65. The number of aliphatic hydroxyl groups is 2. The number of likely N-dealkylation sites (tertiary alicyclic amines) is 1. The van der Waals surface area contributed by atoms with Gasteiger partial charge in [0.05, 0.1) is 19.3 Å². The number of hydrogen-bond donors (Lipinski definition) is 3. The summed E-state index contributed by atoms with van der Waals surface area (Å²) in [5.74, 6) is 0. The fraction of sp³-hybridized carbons (Fsp3) is 0.536. The third kappa shape index (κ3) is 6.11. The van der Waals surface area contributed by atoms with Crippen LogP contribution in [-0.4, -0.2) is 90.8 Å². The lowest BCUT2D eigenvalue weighted by Gasteiger charge is -2.44. The number of rotatable bonds is 8. The predicted octanol–water partition coefficient (Wildman–Crippen LogP) is 3.14. The van der Waals surface area contributed by atoms with Crippen LogP contribution in [0.4, 0.5) is 4.79 Å². The lowest BCUT2D eigenvalue weighted by atomic mass is 9.79. The second-order valence-electron chi connectivity index (χ2n) is 10.1. The van der Waals surface area contributed by atoms with E-state index in [1.807, 2.05) is 43.3 Å². The molecule has 4 rings (SSSR count). The standard InChI is InChI=1S/C28H38ClN3O5/c1-19-7-5-8-20(15-19)26-21(9-6-10-22(26)29)28(35,11-3-4-13-36-2)25-18-31(12-14-37-25)27(34)32-16-23(30)24(33)17-32/h5-10,15,23-25,33,35H,3-4,11-14,16-18,30H2,1-2H3/t23-,24+,25?,28-/m1/s1. The Morgan fingerprint density at radius 3 is 2.68 bits per heavy atom. The zero-order valence-corrected chi connectivity index (χ0v) is 22.4. The van der Waals surface area contributed by atoms with Crippen molar-refractivity contribution in [1.29, 1.82) is 0 Å². The van der Waals surface area contributed by atoms with Crippen molar-refractivity contribution in [3.05, 3.63) is 58.6 Å². The minimum absolute atomic E-state index is 0.202. The molecular formula is C28H38ClN3O5. The highest BCUT2D eigenvalue weighted by Crippen LogP contribution is 2.43. The average molecular weight is 532 g/mol. The summed E-state index contributed by atoms with van der Waals surface area (Å²) < 4.78 is 11.4. The SMILES string of the molecule is COCCCC[C@@](O)(c1cccc(Cl)c1-c1cccc(C)c1)C1CN(C(=O)N2C[C@@H](N)[C@@H](O)C2)CCO1. The van der Waals surface area contributed by atoms with Gasteiger partial charge in [-0.3, -0.25) is 0 Å². The smallest absolute Gasteiger partial charge is 0.320 e. The van der Waals surface area contributed by atoms with Gasteiger partial charge in [0.2, 0.25) is 0 Å². The summed E-state index contributed by atoms with van der Waals surface area (Å²) in [6, 6.07) is 12.9. The third-order valence-electron chi connectivity index (χ3n) is 7.42. The van der Waals surface area contributed by atoms with Crippen LogP contribution < -0.4 is 5.73 Å². The number of ether oxygens (including phenoxy) is 2. The Hall–Kier alpha value is -2.20. The van der Waals surface area contributed by atoms with Crippen molar-refractivity contribution in [3.63, 3.8) is 0 Å². The normalized spacial score (nSPS) is 23.8. The molecule has 2 amide bonds. The van der Waals surface area contributed by atoms with E-state index in [9.17, 15) is 15.0 Å². The minimum atomic E-state index is -1.41. The maximum Gasteiger partial charge on any atom is 0.320 e. The van der Waals surface area contributed by atoms with Gasteiger partial charge in [0, 0.05) is 50.0 Å². The first-order valence-corrected chi connectivity index (χ1v) is 13.3. The molecule has 2 heterocycles. The van der Waals surface area contributed by atoms with Crippen LogP contribution in [0, 0.1) is 6.92 Å². The molecule has 2 aromatic rings. The van der Waals surface area contributed by atoms with Crippen molar-refractivity contribution < 1.29 is 24.5 Å². The van der Waals surface area contributed by atoms with E-state index in [0.29, 0.717) is 49.7 Å². The van der Waals surface area contributed by atoms with Gasteiger partial charge in [-0.1, -0.05) is 53.6 Å². The zero-order chi connectivity index (χ0) is 26.6. The Morgan fingerprint density at radius 1 is 1.19 bits per heavy atom. The molecule has 37 heavy (non-hydrogen) atoms. The monoisotopic (exact) mass is 531 g/mol. The van der Waals surface area contributed by atoms with E-state index < -0.39 is 23.9 Å². The molecule has 2 aliphatic rings. The first-order valence-electron chi connectivity index (χ1n) is 12.9. The van der Waals surface area contributed by atoms with Crippen LogP contribution in [-0.2, 0) is 15.1 Å². The van der Waals surface area contributed by atoms with E-state index >= 15 is 0 Å². The Bertz CT molecular complexity index is 1080. The molecule has 0 aliphatic carbocycles. The van der Waals surface area contributed by atoms with Gasteiger partial charge < -0.3 is 35.2 Å². The number of morpholine rings is 1. The first-order chi connectivity index (χ1) is 17.7. The summed E-state index contributed by atoms with van der Waals surface area (Å²) >= 11 is 6.76. The summed E-state index contributed by atoms with van der Waals surface area (Å²) in [6.07, 6.45) is 0.483. The number of β-amino-alcohol motifs (C(OH)–C–C–N with tert-alkyl or cyclic N) is 1. The Morgan fingerprint density at radius 2 is 1.97 bits per heavy atom. The van der Waals surface area contributed by atoms with Gasteiger partial charge in [-0.05, 0) is 43.4 Å². The maximum atomic E-state index is 13.3.